The number of nitrogens with zero attached hydrogens (tertiary/aromatic N) is 2. The predicted octanol–water partition coefficient (Wildman–Crippen LogP) is 0.930. The van der Waals surface area contributed by atoms with E-state index in [4.69, 9.17) is 0 Å². The molecule has 1 fully saturated rings. The number of anilines is 1. The standard InChI is InChI=1S/C9H11BrN4O/c10-7-3-11-5-13-9(7)12-4-8(15)14-6-1-2-6/h3,5-6H,1-2,4H2,(H,14,15)(H,11,12,13). The van der Waals surface area contributed by atoms with Crippen LogP contribution in [0.5, 0.6) is 0 Å². The average molecular weight is 271 g/mol. The molecule has 80 valence electrons. The van der Waals surface area contributed by atoms with E-state index in [-0.39, 0.29) is 12.5 Å². The minimum atomic E-state index is 0.00279. The van der Waals surface area contributed by atoms with Gasteiger partial charge < -0.3 is 10.6 Å². The van der Waals surface area contributed by atoms with E-state index in [0.717, 1.165) is 17.3 Å². The van der Waals surface area contributed by atoms with Crippen molar-refractivity contribution in [3.05, 3.63) is 17.0 Å². The Morgan fingerprint density at radius 3 is 3.07 bits per heavy atom. The Morgan fingerprint density at radius 1 is 1.60 bits per heavy atom. The molecule has 1 aromatic rings. The second-order valence-electron chi connectivity index (χ2n) is 3.41. The SMILES string of the molecule is O=C(CNc1ncncc1Br)NC1CC1. The molecule has 1 aliphatic carbocycles. The first kappa shape index (κ1) is 10.4. The number of hydrogen-bond acceptors (Lipinski definition) is 4. The highest BCUT2D eigenvalue weighted by Crippen LogP contribution is 2.19. The van der Waals surface area contributed by atoms with Crippen molar-refractivity contribution in [2.24, 2.45) is 0 Å². The summed E-state index contributed by atoms with van der Waals surface area (Å²) < 4.78 is 0.754. The molecule has 6 heteroatoms. The number of amides is 1. The Bertz CT molecular complexity index is 367. The zero-order valence-corrected chi connectivity index (χ0v) is 9.62. The van der Waals surface area contributed by atoms with Gasteiger partial charge in [-0.2, -0.15) is 0 Å². The number of hydrogen-bond donors (Lipinski definition) is 2. The molecule has 1 saturated carbocycles. The zero-order chi connectivity index (χ0) is 10.7. The van der Waals surface area contributed by atoms with Crippen LogP contribution in [0.3, 0.4) is 0 Å². The van der Waals surface area contributed by atoms with Crippen LogP contribution in [0, 0.1) is 0 Å². The molecule has 1 amide bonds. The first-order chi connectivity index (χ1) is 7.25. The van der Waals surface area contributed by atoms with Crippen molar-refractivity contribution in [2.75, 3.05) is 11.9 Å². The van der Waals surface area contributed by atoms with E-state index in [0.29, 0.717) is 11.9 Å². The molecule has 1 aliphatic rings. The lowest BCUT2D eigenvalue weighted by molar-refractivity contribution is -0.119. The maximum atomic E-state index is 11.3. The van der Waals surface area contributed by atoms with Gasteiger partial charge in [-0.15, -0.1) is 0 Å². The minimum Gasteiger partial charge on any atom is -0.360 e. The quantitative estimate of drug-likeness (QED) is 0.855. The van der Waals surface area contributed by atoms with Crippen molar-refractivity contribution in [2.45, 2.75) is 18.9 Å². The fourth-order valence-electron chi connectivity index (χ4n) is 1.11. The third-order valence-electron chi connectivity index (χ3n) is 2.03. The van der Waals surface area contributed by atoms with Crippen molar-refractivity contribution < 1.29 is 4.79 Å². The van der Waals surface area contributed by atoms with Crippen LogP contribution >= 0.6 is 15.9 Å². The molecule has 0 atom stereocenters. The molecule has 0 saturated heterocycles. The number of rotatable bonds is 4. The number of carbonyl (C=O) groups excluding carboxylic acids is 1. The number of carbonyl (C=O) groups is 1. The van der Waals surface area contributed by atoms with Gasteiger partial charge in [0.2, 0.25) is 5.91 Å². The van der Waals surface area contributed by atoms with Crippen LogP contribution in [0.1, 0.15) is 12.8 Å². The van der Waals surface area contributed by atoms with Gasteiger partial charge in [-0.25, -0.2) is 9.97 Å². The smallest absolute Gasteiger partial charge is 0.239 e. The van der Waals surface area contributed by atoms with Crippen LogP contribution in [0.2, 0.25) is 0 Å². The number of halogens is 1. The van der Waals surface area contributed by atoms with Crippen LogP contribution < -0.4 is 10.6 Å². The van der Waals surface area contributed by atoms with Crippen LogP contribution in [0.15, 0.2) is 17.0 Å². The Morgan fingerprint density at radius 2 is 2.40 bits per heavy atom. The fraction of sp³-hybridized carbons (Fsp3) is 0.444. The summed E-state index contributed by atoms with van der Waals surface area (Å²) in [6, 6.07) is 0.396. The highest BCUT2D eigenvalue weighted by atomic mass is 79.9. The molecular formula is C9H11BrN4O. The highest BCUT2D eigenvalue weighted by Gasteiger charge is 2.22. The first-order valence-electron chi connectivity index (χ1n) is 4.74. The summed E-state index contributed by atoms with van der Waals surface area (Å²) in [4.78, 5) is 19.2. The lowest BCUT2D eigenvalue weighted by Crippen LogP contribution is -2.31. The third-order valence-corrected chi connectivity index (χ3v) is 2.61. The largest absolute Gasteiger partial charge is 0.360 e. The van der Waals surface area contributed by atoms with Gasteiger partial charge in [0, 0.05) is 12.2 Å². The van der Waals surface area contributed by atoms with Crippen molar-refractivity contribution in [1.82, 2.24) is 15.3 Å². The zero-order valence-electron chi connectivity index (χ0n) is 8.03. The molecule has 0 radical (unpaired) electrons. The summed E-state index contributed by atoms with van der Waals surface area (Å²) in [6.07, 6.45) is 5.27. The van der Waals surface area contributed by atoms with Crippen molar-refractivity contribution in [3.8, 4) is 0 Å². The molecule has 5 nitrogen and oxygen atoms in total. The monoisotopic (exact) mass is 270 g/mol. The molecule has 0 bridgehead atoms. The number of nitrogens with one attached hydrogen (secondary N) is 2. The van der Waals surface area contributed by atoms with Crippen LogP contribution in [-0.2, 0) is 4.79 Å². The van der Waals surface area contributed by atoms with Crippen molar-refractivity contribution >= 4 is 27.7 Å². The van der Waals surface area contributed by atoms with Gasteiger partial charge in [0.05, 0.1) is 11.0 Å². The number of aromatic nitrogens is 2. The summed E-state index contributed by atoms with van der Waals surface area (Å²) in [7, 11) is 0. The molecule has 0 spiro atoms. The van der Waals surface area contributed by atoms with Crippen LogP contribution in [-0.4, -0.2) is 28.5 Å². The van der Waals surface area contributed by atoms with Crippen molar-refractivity contribution in [1.29, 1.82) is 0 Å². The molecular weight excluding hydrogens is 260 g/mol. The average Bonchev–Trinajstić information content (AvgIpc) is 3.00. The van der Waals surface area contributed by atoms with Crippen LogP contribution in [0.25, 0.3) is 0 Å². The van der Waals surface area contributed by atoms with Gasteiger partial charge in [0.15, 0.2) is 0 Å². The lowest BCUT2D eigenvalue weighted by Gasteiger charge is -2.06. The lowest BCUT2D eigenvalue weighted by atomic mass is 10.5. The summed E-state index contributed by atoms with van der Waals surface area (Å²) in [5.41, 5.74) is 0. The molecule has 0 unspecified atom stereocenters. The van der Waals surface area contributed by atoms with Gasteiger partial charge in [-0.05, 0) is 28.8 Å². The van der Waals surface area contributed by atoms with Gasteiger partial charge in [0.1, 0.15) is 12.1 Å². The molecule has 0 aromatic carbocycles. The molecule has 0 aliphatic heterocycles. The topological polar surface area (TPSA) is 66.9 Å². The minimum absolute atomic E-state index is 0.00279. The Kier molecular flexibility index (Phi) is 3.15. The fourth-order valence-corrected chi connectivity index (χ4v) is 1.47. The van der Waals surface area contributed by atoms with Gasteiger partial charge in [-0.1, -0.05) is 0 Å². The van der Waals surface area contributed by atoms with Gasteiger partial charge in [-0.3, -0.25) is 4.79 Å². The second-order valence-corrected chi connectivity index (χ2v) is 4.27. The van der Waals surface area contributed by atoms with Gasteiger partial charge in [0.25, 0.3) is 0 Å². The van der Waals surface area contributed by atoms with E-state index in [1.807, 2.05) is 0 Å². The normalized spacial score (nSPS) is 14.7. The van der Waals surface area contributed by atoms with E-state index in [2.05, 4.69) is 36.5 Å². The van der Waals surface area contributed by atoms with Crippen LogP contribution in [0.4, 0.5) is 5.82 Å². The molecule has 1 aromatic heterocycles. The molecule has 15 heavy (non-hydrogen) atoms. The second kappa shape index (κ2) is 4.57. The van der Waals surface area contributed by atoms with Gasteiger partial charge >= 0.3 is 0 Å². The van der Waals surface area contributed by atoms with Crippen molar-refractivity contribution in [3.63, 3.8) is 0 Å². The predicted molar refractivity (Wildman–Crippen MR) is 59.4 cm³/mol. The van der Waals surface area contributed by atoms with E-state index in [1.165, 1.54) is 6.33 Å². The maximum absolute atomic E-state index is 11.3. The Hall–Kier alpha value is -1.17. The van der Waals surface area contributed by atoms with E-state index in [9.17, 15) is 4.79 Å². The first-order valence-corrected chi connectivity index (χ1v) is 5.54. The highest BCUT2D eigenvalue weighted by molar-refractivity contribution is 9.10. The summed E-state index contributed by atoms with van der Waals surface area (Å²) in [5, 5.41) is 5.82. The Balaban J connectivity index is 1.81. The summed E-state index contributed by atoms with van der Waals surface area (Å²) in [6.45, 7) is 0.242. The van der Waals surface area contributed by atoms with E-state index in [1.54, 1.807) is 6.20 Å². The molecule has 1 heterocycles. The molecule has 2 rings (SSSR count). The Labute approximate surface area is 95.8 Å². The van der Waals surface area contributed by atoms with E-state index < -0.39 is 0 Å². The van der Waals surface area contributed by atoms with E-state index >= 15 is 0 Å². The summed E-state index contributed by atoms with van der Waals surface area (Å²) in [5.74, 6) is 0.638. The summed E-state index contributed by atoms with van der Waals surface area (Å²) >= 11 is 3.29. The maximum Gasteiger partial charge on any atom is 0.239 e. The third kappa shape index (κ3) is 3.16. The molecule has 2 N–H and O–H groups in total.